The van der Waals surface area contributed by atoms with Gasteiger partial charge in [-0.2, -0.15) is 0 Å². The second-order valence-electron chi connectivity index (χ2n) is 7.32. The van der Waals surface area contributed by atoms with E-state index in [1.54, 1.807) is 7.05 Å². The molecule has 21 heavy (non-hydrogen) atoms. The Labute approximate surface area is 127 Å². The van der Waals surface area contributed by atoms with Crippen LogP contribution in [0.2, 0.25) is 0 Å². The number of fused-ring (bicyclic) bond motifs is 1. The summed E-state index contributed by atoms with van der Waals surface area (Å²) in [5.74, 6) is 0.729. The molecule has 0 N–H and O–H groups in total. The molecular weight excluding hydrogens is 268 g/mol. The molecule has 0 bridgehead atoms. The third-order valence-electron chi connectivity index (χ3n) is 4.41. The van der Waals surface area contributed by atoms with E-state index >= 15 is 0 Å². The highest BCUT2D eigenvalue weighted by atomic mass is 16.6. The number of hydrogen-bond donors (Lipinski definition) is 0. The molecule has 0 aromatic heterocycles. The number of hydrogen-bond acceptors (Lipinski definition) is 3. The van der Waals surface area contributed by atoms with E-state index in [0.29, 0.717) is 12.0 Å². The van der Waals surface area contributed by atoms with Gasteiger partial charge in [-0.25, -0.2) is 4.79 Å². The van der Waals surface area contributed by atoms with Crippen LogP contribution in [0.15, 0.2) is 0 Å². The third kappa shape index (κ3) is 4.11. The zero-order chi connectivity index (χ0) is 15.6. The fourth-order valence-corrected chi connectivity index (χ4v) is 3.41. The number of rotatable bonds is 2. The molecule has 2 amide bonds. The van der Waals surface area contributed by atoms with Crippen LogP contribution >= 0.6 is 0 Å². The van der Waals surface area contributed by atoms with Gasteiger partial charge >= 0.3 is 6.09 Å². The normalized spacial score (nSPS) is 25.4. The van der Waals surface area contributed by atoms with Crippen molar-refractivity contribution in [3.8, 4) is 0 Å². The molecule has 5 nitrogen and oxygen atoms in total. The molecule has 0 aromatic rings. The van der Waals surface area contributed by atoms with Crippen molar-refractivity contribution in [3.05, 3.63) is 0 Å². The highest BCUT2D eigenvalue weighted by molar-refractivity contribution is 5.82. The zero-order valence-corrected chi connectivity index (χ0v) is 13.7. The van der Waals surface area contributed by atoms with Crippen LogP contribution in [0.4, 0.5) is 4.79 Å². The minimum Gasteiger partial charge on any atom is -0.444 e. The Bertz CT molecular complexity index is 403. The van der Waals surface area contributed by atoms with Crippen LogP contribution in [0, 0.1) is 5.92 Å². The average Bonchev–Trinajstić information content (AvgIpc) is 2.80. The van der Waals surface area contributed by atoms with Crippen molar-refractivity contribution in [2.24, 2.45) is 5.92 Å². The molecule has 2 aliphatic rings. The average molecular weight is 296 g/mol. The quantitative estimate of drug-likeness (QED) is 0.787. The van der Waals surface area contributed by atoms with E-state index < -0.39 is 11.7 Å². The lowest BCUT2D eigenvalue weighted by molar-refractivity contribution is -0.133. The molecule has 0 radical (unpaired) electrons. The molecule has 0 aromatic carbocycles. The molecule has 1 aliphatic carbocycles. The topological polar surface area (TPSA) is 49.9 Å². The summed E-state index contributed by atoms with van der Waals surface area (Å²) in [6.45, 7) is 6.43. The van der Waals surface area contributed by atoms with Crippen LogP contribution in [0.1, 0.15) is 52.9 Å². The molecule has 1 heterocycles. The number of likely N-dealkylation sites (tertiary alicyclic amines) is 1. The van der Waals surface area contributed by atoms with Crippen molar-refractivity contribution in [3.63, 3.8) is 0 Å². The lowest BCUT2D eigenvalue weighted by atomic mass is 9.85. The predicted molar refractivity (Wildman–Crippen MR) is 80.9 cm³/mol. The van der Waals surface area contributed by atoms with Crippen molar-refractivity contribution < 1.29 is 14.3 Å². The largest absolute Gasteiger partial charge is 0.444 e. The van der Waals surface area contributed by atoms with Gasteiger partial charge in [-0.1, -0.05) is 12.8 Å². The monoisotopic (exact) mass is 296 g/mol. The van der Waals surface area contributed by atoms with Gasteiger partial charge in [-0.05, 0) is 46.0 Å². The first-order valence-electron chi connectivity index (χ1n) is 8.01. The van der Waals surface area contributed by atoms with E-state index in [4.69, 9.17) is 4.74 Å². The van der Waals surface area contributed by atoms with E-state index in [2.05, 4.69) is 0 Å². The molecule has 5 heteroatoms. The van der Waals surface area contributed by atoms with Crippen molar-refractivity contribution in [1.29, 1.82) is 0 Å². The maximum atomic E-state index is 12.5. The maximum Gasteiger partial charge on any atom is 0.410 e. The highest BCUT2D eigenvalue weighted by Gasteiger charge is 2.38. The van der Waals surface area contributed by atoms with Gasteiger partial charge in [0.2, 0.25) is 5.91 Å². The van der Waals surface area contributed by atoms with Crippen molar-refractivity contribution in [2.45, 2.75) is 64.5 Å². The second kappa shape index (κ2) is 6.24. The summed E-state index contributed by atoms with van der Waals surface area (Å²) in [7, 11) is 1.63. The SMILES string of the molecule is CN(CC(=O)N1CCC2CCCCC21)C(=O)OC(C)(C)C. The lowest BCUT2D eigenvalue weighted by Crippen LogP contribution is -2.46. The van der Waals surface area contributed by atoms with Gasteiger partial charge in [-0.3, -0.25) is 4.79 Å². The van der Waals surface area contributed by atoms with E-state index in [1.807, 2.05) is 25.7 Å². The molecule has 1 saturated carbocycles. The Hall–Kier alpha value is -1.26. The number of nitrogens with zero attached hydrogens (tertiary/aromatic N) is 2. The van der Waals surface area contributed by atoms with Crippen LogP contribution in [0.25, 0.3) is 0 Å². The Morgan fingerprint density at radius 1 is 1.19 bits per heavy atom. The number of ether oxygens (including phenoxy) is 1. The van der Waals surface area contributed by atoms with Crippen molar-refractivity contribution in [2.75, 3.05) is 20.1 Å². The van der Waals surface area contributed by atoms with Crippen LogP contribution in [-0.2, 0) is 9.53 Å². The number of carbonyl (C=O) groups excluding carboxylic acids is 2. The molecular formula is C16H28N2O3. The smallest absolute Gasteiger partial charge is 0.410 e. The van der Waals surface area contributed by atoms with E-state index in [1.165, 1.54) is 24.2 Å². The Morgan fingerprint density at radius 3 is 2.52 bits per heavy atom. The predicted octanol–water partition coefficient (Wildman–Crippen LogP) is 2.64. The number of carbonyl (C=O) groups is 2. The summed E-state index contributed by atoms with van der Waals surface area (Å²) >= 11 is 0. The molecule has 1 saturated heterocycles. The van der Waals surface area contributed by atoms with E-state index in [-0.39, 0.29) is 12.5 Å². The van der Waals surface area contributed by atoms with Gasteiger partial charge in [-0.15, -0.1) is 0 Å². The van der Waals surface area contributed by atoms with Crippen LogP contribution in [0.5, 0.6) is 0 Å². The molecule has 0 spiro atoms. The third-order valence-corrected chi connectivity index (χ3v) is 4.41. The van der Waals surface area contributed by atoms with Gasteiger partial charge in [0.15, 0.2) is 0 Å². The molecule has 2 unspecified atom stereocenters. The first kappa shape index (κ1) is 16.1. The Morgan fingerprint density at radius 2 is 1.86 bits per heavy atom. The fourth-order valence-electron chi connectivity index (χ4n) is 3.41. The Balaban J connectivity index is 1.87. The van der Waals surface area contributed by atoms with Gasteiger partial charge < -0.3 is 14.5 Å². The summed E-state index contributed by atoms with van der Waals surface area (Å²) < 4.78 is 5.29. The number of amides is 2. The fraction of sp³-hybridized carbons (Fsp3) is 0.875. The lowest BCUT2D eigenvalue weighted by Gasteiger charge is -2.33. The standard InChI is InChI=1S/C16H28N2O3/c1-16(2,3)21-15(20)17(4)11-14(19)18-10-9-12-7-5-6-8-13(12)18/h12-13H,5-11H2,1-4H3. The van der Waals surface area contributed by atoms with Crippen LogP contribution in [-0.4, -0.2) is 53.6 Å². The molecule has 120 valence electrons. The number of likely N-dealkylation sites (N-methyl/N-ethyl adjacent to an activating group) is 1. The van der Waals surface area contributed by atoms with Gasteiger partial charge in [0.1, 0.15) is 12.1 Å². The van der Waals surface area contributed by atoms with Crippen molar-refractivity contribution in [1.82, 2.24) is 9.80 Å². The minimum absolute atomic E-state index is 0.0535. The maximum absolute atomic E-state index is 12.5. The van der Waals surface area contributed by atoms with Crippen LogP contribution < -0.4 is 0 Å². The van der Waals surface area contributed by atoms with E-state index in [0.717, 1.165) is 19.4 Å². The van der Waals surface area contributed by atoms with E-state index in [9.17, 15) is 9.59 Å². The summed E-state index contributed by atoms with van der Waals surface area (Å²) in [6, 6.07) is 0.401. The van der Waals surface area contributed by atoms with Gasteiger partial charge in [0.25, 0.3) is 0 Å². The van der Waals surface area contributed by atoms with Crippen molar-refractivity contribution >= 4 is 12.0 Å². The first-order chi connectivity index (χ1) is 9.78. The molecule has 2 atom stereocenters. The summed E-state index contributed by atoms with van der Waals surface area (Å²) in [5, 5.41) is 0. The molecule has 1 aliphatic heterocycles. The zero-order valence-electron chi connectivity index (χ0n) is 13.7. The van der Waals surface area contributed by atoms with Gasteiger partial charge in [0.05, 0.1) is 0 Å². The highest BCUT2D eigenvalue weighted by Crippen LogP contribution is 2.36. The summed E-state index contributed by atoms with van der Waals surface area (Å²) in [6.07, 6.45) is 5.55. The van der Waals surface area contributed by atoms with Gasteiger partial charge in [0, 0.05) is 19.6 Å². The first-order valence-corrected chi connectivity index (χ1v) is 8.01. The summed E-state index contributed by atoms with van der Waals surface area (Å²) in [4.78, 5) is 27.8. The Kier molecular flexibility index (Phi) is 4.79. The minimum atomic E-state index is -0.531. The second-order valence-corrected chi connectivity index (χ2v) is 7.32. The van der Waals surface area contributed by atoms with Crippen LogP contribution in [0.3, 0.4) is 0 Å². The molecule has 2 fully saturated rings. The summed E-state index contributed by atoms with van der Waals surface area (Å²) in [5.41, 5.74) is -0.531. The molecule has 2 rings (SSSR count).